The Balaban J connectivity index is 2.24. The first-order valence-electron chi connectivity index (χ1n) is 5.94. The van der Waals surface area contributed by atoms with E-state index in [1.807, 2.05) is 13.0 Å². The molecule has 18 heavy (non-hydrogen) atoms. The number of hydrogen-bond donors (Lipinski definition) is 0. The van der Waals surface area contributed by atoms with Crippen LogP contribution >= 0.6 is 0 Å². The molecule has 0 spiro atoms. The average molecular weight is 247 g/mol. The van der Waals surface area contributed by atoms with Gasteiger partial charge in [0.1, 0.15) is 17.8 Å². The molecule has 94 valence electrons. The molecule has 1 saturated heterocycles. The highest BCUT2D eigenvalue weighted by Crippen LogP contribution is 2.27. The first kappa shape index (κ1) is 12.7. The number of halogens is 1. The van der Waals surface area contributed by atoms with Crippen molar-refractivity contribution < 1.29 is 13.9 Å². The summed E-state index contributed by atoms with van der Waals surface area (Å²) >= 11 is 0. The smallest absolute Gasteiger partial charge is 0.183 e. The second-order valence-corrected chi connectivity index (χ2v) is 4.58. The molecule has 1 aliphatic rings. The van der Waals surface area contributed by atoms with Crippen LogP contribution in [0.4, 0.5) is 4.39 Å². The van der Waals surface area contributed by atoms with Gasteiger partial charge in [-0.2, -0.15) is 5.26 Å². The molecule has 3 atom stereocenters. The van der Waals surface area contributed by atoms with Crippen LogP contribution < -0.4 is 0 Å². The molecule has 0 amide bonds. The van der Waals surface area contributed by atoms with E-state index >= 15 is 0 Å². The quantitative estimate of drug-likeness (QED) is 0.824. The molecule has 4 heteroatoms. The summed E-state index contributed by atoms with van der Waals surface area (Å²) in [6, 6.07) is 7.56. The number of carbonyl (C=O) groups is 1. The second-order valence-electron chi connectivity index (χ2n) is 4.58. The van der Waals surface area contributed by atoms with Crippen LogP contribution in [-0.2, 0) is 9.53 Å². The van der Waals surface area contributed by atoms with Gasteiger partial charge in [0.05, 0.1) is 6.07 Å². The Morgan fingerprint density at radius 1 is 1.61 bits per heavy atom. The van der Waals surface area contributed by atoms with Crippen LogP contribution in [0.3, 0.4) is 0 Å². The van der Waals surface area contributed by atoms with Crippen molar-refractivity contribution in [3.8, 4) is 6.07 Å². The molecule has 1 heterocycles. The molecule has 0 N–H and O–H groups in total. The molecule has 3 unspecified atom stereocenters. The van der Waals surface area contributed by atoms with Crippen LogP contribution in [0.1, 0.15) is 24.8 Å². The fourth-order valence-corrected chi connectivity index (χ4v) is 2.21. The van der Waals surface area contributed by atoms with Crippen molar-refractivity contribution >= 4 is 5.78 Å². The third-order valence-corrected chi connectivity index (χ3v) is 3.26. The molecule has 2 rings (SSSR count). The lowest BCUT2D eigenvalue weighted by atomic mass is 9.88. The number of nitriles is 1. The van der Waals surface area contributed by atoms with Gasteiger partial charge in [-0.3, -0.25) is 4.79 Å². The van der Waals surface area contributed by atoms with E-state index in [0.717, 1.165) is 6.42 Å². The number of nitrogens with zero attached hydrogens (tertiary/aromatic N) is 1. The van der Waals surface area contributed by atoms with Crippen molar-refractivity contribution in [2.75, 3.05) is 6.61 Å². The van der Waals surface area contributed by atoms with Gasteiger partial charge in [0.15, 0.2) is 5.78 Å². The maximum atomic E-state index is 13.1. The van der Waals surface area contributed by atoms with Crippen molar-refractivity contribution in [1.82, 2.24) is 0 Å². The number of Topliss-reactive ketones (excluding diaryl/α,β-unsaturated/α-hetero) is 1. The average Bonchev–Trinajstić information content (AvgIpc) is 2.76. The molecule has 1 aliphatic heterocycles. The summed E-state index contributed by atoms with van der Waals surface area (Å²) in [4.78, 5) is 12.2. The van der Waals surface area contributed by atoms with Gasteiger partial charge in [-0.05, 0) is 30.0 Å². The highest BCUT2D eigenvalue weighted by atomic mass is 19.1. The molecule has 0 radical (unpaired) electrons. The molecule has 1 aromatic carbocycles. The van der Waals surface area contributed by atoms with Crippen LogP contribution in [0.2, 0.25) is 0 Å². The summed E-state index contributed by atoms with van der Waals surface area (Å²) in [5.74, 6) is -1.55. The summed E-state index contributed by atoms with van der Waals surface area (Å²) in [5, 5.41) is 9.14. The molecule has 0 aromatic heterocycles. The number of carbonyl (C=O) groups excluding carboxylic acids is 1. The second kappa shape index (κ2) is 5.28. The molecule has 3 nitrogen and oxygen atoms in total. The predicted octanol–water partition coefficient (Wildman–Crippen LogP) is 2.43. The first-order chi connectivity index (χ1) is 8.63. The van der Waals surface area contributed by atoms with Crippen molar-refractivity contribution in [3.63, 3.8) is 0 Å². The summed E-state index contributed by atoms with van der Waals surface area (Å²) in [6.07, 6.45) is 0.274. The Hall–Kier alpha value is -1.73. The van der Waals surface area contributed by atoms with Gasteiger partial charge >= 0.3 is 0 Å². The Morgan fingerprint density at radius 2 is 2.39 bits per heavy atom. The van der Waals surface area contributed by atoms with Gasteiger partial charge < -0.3 is 4.74 Å². The highest BCUT2D eigenvalue weighted by Gasteiger charge is 2.36. The molecule has 0 aliphatic carbocycles. The number of rotatable bonds is 3. The number of hydrogen-bond acceptors (Lipinski definition) is 3. The largest absolute Gasteiger partial charge is 0.370 e. The lowest BCUT2D eigenvalue weighted by Crippen LogP contribution is -2.30. The van der Waals surface area contributed by atoms with Crippen molar-refractivity contribution in [1.29, 1.82) is 5.26 Å². The maximum Gasteiger partial charge on any atom is 0.183 e. The zero-order valence-electron chi connectivity index (χ0n) is 10.1. The molecule has 0 bridgehead atoms. The summed E-state index contributed by atoms with van der Waals surface area (Å²) in [7, 11) is 0. The van der Waals surface area contributed by atoms with Crippen LogP contribution in [0, 0.1) is 23.1 Å². The fourth-order valence-electron chi connectivity index (χ4n) is 2.21. The Kier molecular flexibility index (Phi) is 3.73. The molecule has 1 aromatic rings. The Labute approximate surface area is 105 Å². The van der Waals surface area contributed by atoms with Gasteiger partial charge in [-0.1, -0.05) is 19.1 Å². The highest BCUT2D eigenvalue weighted by molar-refractivity contribution is 5.92. The zero-order valence-corrected chi connectivity index (χ0v) is 10.1. The third-order valence-electron chi connectivity index (χ3n) is 3.26. The van der Waals surface area contributed by atoms with E-state index in [1.165, 1.54) is 18.2 Å². The maximum absolute atomic E-state index is 13.1. The van der Waals surface area contributed by atoms with Gasteiger partial charge in [-0.25, -0.2) is 4.39 Å². The number of ketones is 1. The summed E-state index contributed by atoms with van der Waals surface area (Å²) in [6.45, 7) is 2.47. The Bertz CT molecular complexity index is 495. The van der Waals surface area contributed by atoms with Crippen LogP contribution in [0.15, 0.2) is 24.3 Å². The molecular weight excluding hydrogens is 233 g/mol. The van der Waals surface area contributed by atoms with Crippen molar-refractivity contribution in [2.45, 2.75) is 25.4 Å². The van der Waals surface area contributed by atoms with Crippen LogP contribution in [0.25, 0.3) is 0 Å². The minimum atomic E-state index is -0.953. The fraction of sp³-hybridized carbons (Fsp3) is 0.429. The van der Waals surface area contributed by atoms with E-state index in [0.29, 0.717) is 12.2 Å². The normalized spacial score (nSPS) is 24.5. The van der Waals surface area contributed by atoms with Gasteiger partial charge in [0, 0.05) is 6.61 Å². The first-order valence-corrected chi connectivity index (χ1v) is 5.94. The Morgan fingerprint density at radius 3 is 2.94 bits per heavy atom. The van der Waals surface area contributed by atoms with E-state index in [-0.39, 0.29) is 11.7 Å². The van der Waals surface area contributed by atoms with Gasteiger partial charge in [0.25, 0.3) is 0 Å². The molecule has 1 fully saturated rings. The number of ether oxygens (including phenoxy) is 1. The van der Waals surface area contributed by atoms with Crippen LogP contribution in [0.5, 0.6) is 0 Å². The standard InChI is InChI=1S/C14H14FNO2/c1-9-5-6-18-14(9)13(17)12(8-16)10-3-2-4-11(15)7-10/h2-4,7,9,12,14H,5-6H2,1H3. The third kappa shape index (κ3) is 2.41. The zero-order chi connectivity index (χ0) is 13.1. The monoisotopic (exact) mass is 247 g/mol. The van der Waals surface area contributed by atoms with E-state index in [9.17, 15) is 9.18 Å². The minimum Gasteiger partial charge on any atom is -0.370 e. The van der Waals surface area contributed by atoms with Gasteiger partial charge in [0.2, 0.25) is 0 Å². The minimum absolute atomic E-state index is 0.113. The molecular formula is C14H14FNO2. The van der Waals surface area contributed by atoms with E-state index in [2.05, 4.69) is 0 Å². The van der Waals surface area contributed by atoms with E-state index < -0.39 is 17.8 Å². The van der Waals surface area contributed by atoms with Crippen LogP contribution in [-0.4, -0.2) is 18.5 Å². The van der Waals surface area contributed by atoms with E-state index in [4.69, 9.17) is 10.00 Å². The topological polar surface area (TPSA) is 50.1 Å². The lowest BCUT2D eigenvalue weighted by molar-refractivity contribution is -0.129. The molecule has 0 saturated carbocycles. The van der Waals surface area contributed by atoms with Gasteiger partial charge in [-0.15, -0.1) is 0 Å². The van der Waals surface area contributed by atoms with Crippen molar-refractivity contribution in [2.24, 2.45) is 5.92 Å². The van der Waals surface area contributed by atoms with Crippen molar-refractivity contribution in [3.05, 3.63) is 35.6 Å². The predicted molar refractivity (Wildman–Crippen MR) is 63.3 cm³/mol. The SMILES string of the molecule is CC1CCOC1C(=O)C(C#N)c1cccc(F)c1. The van der Waals surface area contributed by atoms with E-state index in [1.54, 1.807) is 6.07 Å². The summed E-state index contributed by atoms with van der Waals surface area (Å²) in [5.41, 5.74) is 0.394. The number of benzene rings is 1. The lowest BCUT2D eigenvalue weighted by Gasteiger charge is -2.17. The summed E-state index contributed by atoms with van der Waals surface area (Å²) < 4.78 is 18.5.